The summed E-state index contributed by atoms with van der Waals surface area (Å²) < 4.78 is 0. The van der Waals surface area contributed by atoms with E-state index in [1.807, 2.05) is 17.5 Å². The van der Waals surface area contributed by atoms with E-state index < -0.39 is 0 Å². The van der Waals surface area contributed by atoms with Crippen LogP contribution in [-0.2, 0) is 5.41 Å². The van der Waals surface area contributed by atoms with E-state index in [4.69, 9.17) is 0 Å². The van der Waals surface area contributed by atoms with Gasteiger partial charge in [0.15, 0.2) is 0 Å². The average Bonchev–Trinajstić information content (AvgIpc) is 2.98. The van der Waals surface area contributed by atoms with Crippen molar-refractivity contribution in [2.24, 2.45) is 0 Å². The summed E-state index contributed by atoms with van der Waals surface area (Å²) in [4.78, 5) is 9.53. The van der Waals surface area contributed by atoms with Crippen molar-refractivity contribution < 1.29 is 0 Å². The zero-order valence-electron chi connectivity index (χ0n) is 13.0. The summed E-state index contributed by atoms with van der Waals surface area (Å²) >= 11 is 1.84. The molecule has 112 valence electrons. The quantitative estimate of drug-likeness (QED) is 0.842. The van der Waals surface area contributed by atoms with Gasteiger partial charge in [0.25, 0.3) is 0 Å². The Bertz CT molecular complexity index is 578. The number of benzene rings is 1. The van der Waals surface area contributed by atoms with Crippen molar-refractivity contribution >= 4 is 22.0 Å². The first kappa shape index (κ1) is 14.4. The SMILES string of the molecule is CC(C)(C)c1ncc(N2CCN(c3ccccc3)CC2)s1. The number of aromatic nitrogens is 1. The molecule has 0 unspecified atom stereocenters. The number of hydrogen-bond donors (Lipinski definition) is 0. The van der Waals surface area contributed by atoms with Gasteiger partial charge in [-0.15, -0.1) is 11.3 Å². The molecule has 21 heavy (non-hydrogen) atoms. The molecule has 0 atom stereocenters. The van der Waals surface area contributed by atoms with Crippen molar-refractivity contribution in [1.29, 1.82) is 0 Å². The highest BCUT2D eigenvalue weighted by atomic mass is 32.1. The largest absolute Gasteiger partial charge is 0.368 e. The molecule has 0 N–H and O–H groups in total. The summed E-state index contributed by atoms with van der Waals surface area (Å²) in [6.45, 7) is 11.0. The number of piperazine rings is 1. The van der Waals surface area contributed by atoms with Gasteiger partial charge in [-0.2, -0.15) is 0 Å². The minimum absolute atomic E-state index is 0.148. The van der Waals surface area contributed by atoms with Crippen LogP contribution in [0.4, 0.5) is 10.7 Å². The third kappa shape index (κ3) is 3.21. The molecule has 3 nitrogen and oxygen atoms in total. The Morgan fingerprint density at radius 2 is 1.57 bits per heavy atom. The lowest BCUT2D eigenvalue weighted by Gasteiger charge is -2.36. The predicted molar refractivity (Wildman–Crippen MR) is 91.7 cm³/mol. The second-order valence-corrected chi connectivity index (χ2v) is 7.57. The molecule has 0 bridgehead atoms. The monoisotopic (exact) mass is 301 g/mol. The van der Waals surface area contributed by atoms with Crippen LogP contribution in [0.1, 0.15) is 25.8 Å². The second kappa shape index (κ2) is 5.68. The Balaban J connectivity index is 1.65. The Labute approximate surface area is 131 Å². The first-order valence-corrected chi connectivity index (χ1v) is 8.37. The molecule has 1 fully saturated rings. The molecule has 1 aliphatic rings. The molecule has 1 saturated heterocycles. The maximum Gasteiger partial charge on any atom is 0.111 e. The zero-order valence-corrected chi connectivity index (χ0v) is 13.9. The van der Waals surface area contributed by atoms with Gasteiger partial charge in [0, 0.05) is 37.3 Å². The van der Waals surface area contributed by atoms with Crippen LogP contribution in [0.3, 0.4) is 0 Å². The van der Waals surface area contributed by atoms with Gasteiger partial charge in [-0.25, -0.2) is 4.98 Å². The topological polar surface area (TPSA) is 19.4 Å². The third-order valence-corrected chi connectivity index (χ3v) is 5.33. The Kier molecular flexibility index (Phi) is 3.89. The smallest absolute Gasteiger partial charge is 0.111 e. The molecule has 0 spiro atoms. The summed E-state index contributed by atoms with van der Waals surface area (Å²) in [6.07, 6.45) is 2.05. The van der Waals surface area contributed by atoms with Crippen molar-refractivity contribution in [3.05, 3.63) is 41.5 Å². The van der Waals surface area contributed by atoms with Gasteiger partial charge < -0.3 is 9.80 Å². The van der Waals surface area contributed by atoms with E-state index in [1.54, 1.807) is 0 Å². The van der Waals surface area contributed by atoms with Crippen molar-refractivity contribution in [3.63, 3.8) is 0 Å². The minimum atomic E-state index is 0.148. The molecule has 2 aromatic rings. The summed E-state index contributed by atoms with van der Waals surface area (Å²) in [5, 5.41) is 2.54. The standard InChI is InChI=1S/C17H23N3S/c1-17(2,3)16-18-13-15(21-16)20-11-9-19(10-12-20)14-7-5-4-6-8-14/h4-8,13H,9-12H2,1-3H3. The molecule has 0 radical (unpaired) electrons. The van der Waals surface area contributed by atoms with E-state index >= 15 is 0 Å². The highest BCUT2D eigenvalue weighted by molar-refractivity contribution is 7.15. The van der Waals surface area contributed by atoms with Crippen molar-refractivity contribution in [2.45, 2.75) is 26.2 Å². The number of para-hydroxylation sites is 1. The van der Waals surface area contributed by atoms with E-state index in [0.29, 0.717) is 0 Å². The first-order valence-electron chi connectivity index (χ1n) is 7.55. The first-order chi connectivity index (χ1) is 10.0. The van der Waals surface area contributed by atoms with Gasteiger partial charge in [0.05, 0.1) is 11.2 Å². The second-order valence-electron chi connectivity index (χ2n) is 6.56. The van der Waals surface area contributed by atoms with Crippen molar-refractivity contribution in [1.82, 2.24) is 4.98 Å². The summed E-state index contributed by atoms with van der Waals surface area (Å²) in [5.74, 6) is 0. The summed E-state index contributed by atoms with van der Waals surface area (Å²) in [6, 6.07) is 10.7. The summed E-state index contributed by atoms with van der Waals surface area (Å²) in [7, 11) is 0. The van der Waals surface area contributed by atoms with Gasteiger partial charge in [-0.1, -0.05) is 39.0 Å². The van der Waals surface area contributed by atoms with Gasteiger partial charge >= 0.3 is 0 Å². The fraction of sp³-hybridized carbons (Fsp3) is 0.471. The number of rotatable bonds is 2. The van der Waals surface area contributed by atoms with Crippen molar-refractivity contribution in [2.75, 3.05) is 36.0 Å². The molecule has 4 heteroatoms. The van der Waals surface area contributed by atoms with Gasteiger partial charge in [-0.3, -0.25) is 0 Å². The molecule has 1 aliphatic heterocycles. The van der Waals surface area contributed by atoms with E-state index in [-0.39, 0.29) is 5.41 Å². The lowest BCUT2D eigenvalue weighted by molar-refractivity contribution is 0.585. The lowest BCUT2D eigenvalue weighted by atomic mass is 9.98. The molecule has 1 aromatic heterocycles. The maximum absolute atomic E-state index is 4.60. The van der Waals surface area contributed by atoms with Gasteiger partial charge in [0.2, 0.25) is 0 Å². The normalized spacial score (nSPS) is 16.3. The molecule has 0 amide bonds. The Hall–Kier alpha value is -1.55. The Morgan fingerprint density at radius 1 is 0.952 bits per heavy atom. The van der Waals surface area contributed by atoms with Gasteiger partial charge in [0.1, 0.15) is 5.00 Å². The highest BCUT2D eigenvalue weighted by Crippen LogP contribution is 2.32. The molecule has 2 heterocycles. The fourth-order valence-corrected chi connectivity index (χ4v) is 3.61. The van der Waals surface area contributed by atoms with Crippen LogP contribution in [0.2, 0.25) is 0 Å². The summed E-state index contributed by atoms with van der Waals surface area (Å²) in [5.41, 5.74) is 1.48. The number of nitrogens with zero attached hydrogens (tertiary/aromatic N) is 3. The molecular formula is C17H23N3S. The molecule has 1 aromatic carbocycles. The molecular weight excluding hydrogens is 278 g/mol. The number of thiazole rings is 1. The zero-order chi connectivity index (χ0) is 14.9. The third-order valence-electron chi connectivity index (χ3n) is 3.85. The lowest BCUT2D eigenvalue weighted by Crippen LogP contribution is -2.46. The van der Waals surface area contributed by atoms with Crippen LogP contribution in [0.15, 0.2) is 36.5 Å². The van der Waals surface area contributed by atoms with Crippen LogP contribution in [0.5, 0.6) is 0 Å². The maximum atomic E-state index is 4.60. The predicted octanol–water partition coefficient (Wildman–Crippen LogP) is 3.77. The number of anilines is 2. The molecule has 3 rings (SSSR count). The number of hydrogen-bond acceptors (Lipinski definition) is 4. The van der Waals surface area contributed by atoms with Crippen LogP contribution in [0.25, 0.3) is 0 Å². The van der Waals surface area contributed by atoms with Crippen LogP contribution in [0, 0.1) is 0 Å². The minimum Gasteiger partial charge on any atom is -0.368 e. The van der Waals surface area contributed by atoms with Crippen LogP contribution >= 0.6 is 11.3 Å². The van der Waals surface area contributed by atoms with E-state index in [2.05, 4.69) is 65.9 Å². The fourth-order valence-electron chi connectivity index (χ4n) is 2.58. The molecule has 0 aliphatic carbocycles. The van der Waals surface area contributed by atoms with Crippen molar-refractivity contribution in [3.8, 4) is 0 Å². The van der Waals surface area contributed by atoms with E-state index in [1.165, 1.54) is 15.7 Å². The highest BCUT2D eigenvalue weighted by Gasteiger charge is 2.22. The van der Waals surface area contributed by atoms with E-state index in [9.17, 15) is 0 Å². The Morgan fingerprint density at radius 3 is 2.14 bits per heavy atom. The van der Waals surface area contributed by atoms with Crippen LogP contribution in [-0.4, -0.2) is 31.2 Å². The van der Waals surface area contributed by atoms with Gasteiger partial charge in [-0.05, 0) is 12.1 Å². The average molecular weight is 301 g/mol. The van der Waals surface area contributed by atoms with Crippen LogP contribution < -0.4 is 9.80 Å². The van der Waals surface area contributed by atoms with E-state index in [0.717, 1.165) is 26.2 Å². The molecule has 0 saturated carbocycles.